The van der Waals surface area contributed by atoms with Gasteiger partial charge in [-0.2, -0.15) is 0 Å². The van der Waals surface area contributed by atoms with Crippen LogP contribution in [0.1, 0.15) is 43.8 Å². The van der Waals surface area contributed by atoms with Gasteiger partial charge in [0.2, 0.25) is 0 Å². The van der Waals surface area contributed by atoms with Gasteiger partial charge in [-0.15, -0.1) is 11.3 Å². The van der Waals surface area contributed by atoms with Crippen molar-refractivity contribution in [2.75, 3.05) is 6.54 Å². The minimum atomic E-state index is 0.304. The minimum Gasteiger partial charge on any atom is -0.309 e. The van der Waals surface area contributed by atoms with Crippen molar-refractivity contribution in [3.63, 3.8) is 0 Å². The fourth-order valence-corrected chi connectivity index (χ4v) is 4.32. The second kappa shape index (κ2) is 5.78. The van der Waals surface area contributed by atoms with Gasteiger partial charge in [-0.05, 0) is 52.9 Å². The molecule has 3 nitrogen and oxygen atoms in total. The van der Waals surface area contributed by atoms with E-state index in [0.717, 1.165) is 28.1 Å². The van der Waals surface area contributed by atoms with Crippen molar-refractivity contribution in [1.82, 2.24) is 15.3 Å². The van der Waals surface area contributed by atoms with Crippen LogP contribution in [-0.4, -0.2) is 16.5 Å². The van der Waals surface area contributed by atoms with Crippen molar-refractivity contribution < 1.29 is 0 Å². The average Bonchev–Trinajstić information content (AvgIpc) is 2.82. The van der Waals surface area contributed by atoms with Crippen molar-refractivity contribution >= 4 is 27.3 Å². The zero-order chi connectivity index (χ0) is 15.0. The summed E-state index contributed by atoms with van der Waals surface area (Å²) in [6.45, 7) is 7.82. The van der Waals surface area contributed by atoms with Crippen molar-refractivity contribution in [3.8, 4) is 10.7 Å². The Labute approximate surface area is 138 Å². The lowest BCUT2D eigenvalue weighted by atomic mass is 9.76. The molecule has 5 heteroatoms. The third-order valence-electron chi connectivity index (χ3n) is 3.84. The number of thiazole rings is 1. The number of aromatic nitrogens is 2. The molecule has 1 atom stereocenters. The summed E-state index contributed by atoms with van der Waals surface area (Å²) in [7, 11) is 0. The van der Waals surface area contributed by atoms with Crippen molar-refractivity contribution in [1.29, 1.82) is 0 Å². The number of nitrogens with one attached hydrogen (secondary N) is 1. The summed E-state index contributed by atoms with van der Waals surface area (Å²) in [6.07, 6.45) is 4.06. The van der Waals surface area contributed by atoms with Gasteiger partial charge in [0.15, 0.2) is 0 Å². The van der Waals surface area contributed by atoms with E-state index in [0.29, 0.717) is 11.5 Å². The highest BCUT2D eigenvalue weighted by atomic mass is 79.9. The van der Waals surface area contributed by atoms with E-state index in [1.165, 1.54) is 17.0 Å². The third kappa shape index (κ3) is 3.20. The molecule has 0 aromatic carbocycles. The number of rotatable bonds is 3. The third-order valence-corrected chi connectivity index (χ3v) is 5.55. The molecule has 0 saturated carbocycles. The van der Waals surface area contributed by atoms with E-state index in [-0.39, 0.29) is 0 Å². The van der Waals surface area contributed by atoms with Gasteiger partial charge in [0.05, 0.1) is 11.4 Å². The molecule has 1 aliphatic rings. The smallest absolute Gasteiger partial charge is 0.142 e. The average molecular weight is 366 g/mol. The Bertz CT molecular complexity index is 633. The van der Waals surface area contributed by atoms with Crippen LogP contribution in [0.15, 0.2) is 22.8 Å². The SMILES string of the molecule is CCNC1CC(C)(C)Cc2nc(-c3ccc(Br)cn3)sc21. The van der Waals surface area contributed by atoms with E-state index in [4.69, 9.17) is 4.98 Å². The van der Waals surface area contributed by atoms with Gasteiger partial charge in [0.1, 0.15) is 5.01 Å². The molecule has 0 aliphatic heterocycles. The lowest BCUT2D eigenvalue weighted by Gasteiger charge is -2.34. The van der Waals surface area contributed by atoms with Crippen LogP contribution in [0.3, 0.4) is 0 Å². The van der Waals surface area contributed by atoms with E-state index in [2.05, 4.69) is 47.0 Å². The first-order valence-electron chi connectivity index (χ1n) is 7.33. The maximum Gasteiger partial charge on any atom is 0.142 e. The number of halogens is 1. The van der Waals surface area contributed by atoms with Crippen LogP contribution in [0.25, 0.3) is 10.7 Å². The number of hydrogen-bond acceptors (Lipinski definition) is 4. The Morgan fingerprint density at radius 3 is 2.90 bits per heavy atom. The summed E-state index contributed by atoms with van der Waals surface area (Å²) in [5.74, 6) is 0. The lowest BCUT2D eigenvalue weighted by Crippen LogP contribution is -2.32. The predicted octanol–water partition coefficient (Wildman–Crippen LogP) is 4.59. The molecule has 0 fully saturated rings. The quantitative estimate of drug-likeness (QED) is 0.863. The lowest BCUT2D eigenvalue weighted by molar-refractivity contribution is 0.260. The second-order valence-electron chi connectivity index (χ2n) is 6.35. The topological polar surface area (TPSA) is 37.8 Å². The first-order chi connectivity index (χ1) is 9.98. The summed E-state index contributed by atoms with van der Waals surface area (Å²) < 4.78 is 0.999. The van der Waals surface area contributed by atoms with Crippen LogP contribution in [0.4, 0.5) is 0 Å². The molecule has 21 heavy (non-hydrogen) atoms. The minimum absolute atomic E-state index is 0.304. The molecule has 2 aromatic heterocycles. The van der Waals surface area contributed by atoms with Gasteiger partial charge < -0.3 is 5.32 Å². The van der Waals surface area contributed by atoms with Crippen LogP contribution in [0, 0.1) is 5.41 Å². The molecular weight excluding hydrogens is 346 g/mol. The number of nitrogens with zero attached hydrogens (tertiary/aromatic N) is 2. The van der Waals surface area contributed by atoms with Gasteiger partial charge in [-0.1, -0.05) is 20.8 Å². The molecule has 3 rings (SSSR count). The van der Waals surface area contributed by atoms with Crippen LogP contribution >= 0.6 is 27.3 Å². The largest absolute Gasteiger partial charge is 0.309 e. The standard InChI is InChI=1S/C16H20BrN3S/c1-4-18-12-7-16(2,3)8-13-14(12)21-15(20-13)11-6-5-10(17)9-19-11/h5-6,9,12,18H,4,7-8H2,1-3H3. The predicted molar refractivity (Wildman–Crippen MR) is 91.6 cm³/mol. The van der Waals surface area contributed by atoms with E-state index in [9.17, 15) is 0 Å². The van der Waals surface area contributed by atoms with Gasteiger partial charge in [-0.3, -0.25) is 4.98 Å². The first-order valence-corrected chi connectivity index (χ1v) is 8.94. The molecular formula is C16H20BrN3S. The number of fused-ring (bicyclic) bond motifs is 1. The van der Waals surface area contributed by atoms with Crippen molar-refractivity contribution in [2.24, 2.45) is 5.41 Å². The number of hydrogen-bond donors (Lipinski definition) is 1. The Balaban J connectivity index is 1.99. The normalized spacial score (nSPS) is 20.3. The molecule has 2 aromatic rings. The van der Waals surface area contributed by atoms with Crippen LogP contribution in [0.2, 0.25) is 0 Å². The summed E-state index contributed by atoms with van der Waals surface area (Å²) in [5, 5.41) is 4.65. The highest BCUT2D eigenvalue weighted by Crippen LogP contribution is 2.44. The zero-order valence-corrected chi connectivity index (χ0v) is 15.0. The fraction of sp³-hybridized carbons (Fsp3) is 0.500. The highest BCUT2D eigenvalue weighted by Gasteiger charge is 2.34. The van der Waals surface area contributed by atoms with E-state index >= 15 is 0 Å². The van der Waals surface area contributed by atoms with Crippen LogP contribution in [-0.2, 0) is 6.42 Å². The summed E-state index contributed by atoms with van der Waals surface area (Å²) >= 11 is 5.22. The van der Waals surface area contributed by atoms with Gasteiger partial charge in [0, 0.05) is 21.6 Å². The fourth-order valence-electron chi connectivity index (χ4n) is 2.96. The van der Waals surface area contributed by atoms with Gasteiger partial charge >= 0.3 is 0 Å². The Morgan fingerprint density at radius 1 is 1.43 bits per heavy atom. The monoisotopic (exact) mass is 365 g/mol. The van der Waals surface area contributed by atoms with Crippen molar-refractivity contribution in [2.45, 2.75) is 39.7 Å². The maximum atomic E-state index is 4.88. The van der Waals surface area contributed by atoms with E-state index < -0.39 is 0 Å². The zero-order valence-electron chi connectivity index (χ0n) is 12.6. The Hall–Kier alpha value is -0.780. The molecule has 0 saturated heterocycles. The molecule has 0 radical (unpaired) electrons. The van der Waals surface area contributed by atoms with E-state index in [1.54, 1.807) is 11.3 Å². The Morgan fingerprint density at radius 2 is 2.24 bits per heavy atom. The molecule has 0 bridgehead atoms. The molecule has 112 valence electrons. The van der Waals surface area contributed by atoms with E-state index in [1.807, 2.05) is 18.3 Å². The number of pyridine rings is 1. The summed E-state index contributed by atoms with van der Waals surface area (Å²) in [4.78, 5) is 10.8. The molecule has 1 unspecified atom stereocenters. The Kier molecular flexibility index (Phi) is 4.17. The summed E-state index contributed by atoms with van der Waals surface area (Å²) in [6, 6.07) is 4.48. The molecule has 1 N–H and O–H groups in total. The van der Waals surface area contributed by atoms with Crippen LogP contribution < -0.4 is 5.32 Å². The molecule has 0 amide bonds. The highest BCUT2D eigenvalue weighted by molar-refractivity contribution is 9.10. The maximum absolute atomic E-state index is 4.88. The summed E-state index contributed by atoms with van der Waals surface area (Å²) in [5.41, 5.74) is 2.52. The second-order valence-corrected chi connectivity index (χ2v) is 8.29. The molecule has 1 aliphatic carbocycles. The molecule has 2 heterocycles. The van der Waals surface area contributed by atoms with Crippen LogP contribution in [0.5, 0.6) is 0 Å². The van der Waals surface area contributed by atoms with Gasteiger partial charge in [0.25, 0.3) is 0 Å². The van der Waals surface area contributed by atoms with Gasteiger partial charge in [-0.25, -0.2) is 4.98 Å². The first kappa shape index (κ1) is 15.1. The van der Waals surface area contributed by atoms with Crippen molar-refractivity contribution in [3.05, 3.63) is 33.4 Å². The molecule has 0 spiro atoms.